The van der Waals surface area contributed by atoms with Crippen LogP contribution >= 0.6 is 0 Å². The van der Waals surface area contributed by atoms with E-state index in [1.165, 1.54) is 0 Å². The van der Waals surface area contributed by atoms with Crippen molar-refractivity contribution in [3.8, 4) is 17.0 Å². The Morgan fingerprint density at radius 1 is 1.32 bits per heavy atom. The van der Waals surface area contributed by atoms with E-state index < -0.39 is 0 Å². The van der Waals surface area contributed by atoms with Gasteiger partial charge in [0.25, 0.3) is 0 Å². The van der Waals surface area contributed by atoms with Crippen LogP contribution in [0.2, 0.25) is 0 Å². The number of nitrogens with zero attached hydrogens (tertiary/aromatic N) is 3. The van der Waals surface area contributed by atoms with E-state index in [-0.39, 0.29) is 6.10 Å². The van der Waals surface area contributed by atoms with Gasteiger partial charge in [0, 0.05) is 24.5 Å². The first-order valence-corrected chi connectivity index (χ1v) is 6.38. The Balaban J connectivity index is 2.28. The molecule has 0 aliphatic heterocycles. The molecule has 1 N–H and O–H groups in total. The van der Waals surface area contributed by atoms with E-state index in [4.69, 9.17) is 4.74 Å². The number of pyridine rings is 1. The first-order chi connectivity index (χ1) is 9.19. The highest BCUT2D eigenvalue weighted by Crippen LogP contribution is 2.21. The molecule has 2 rings (SSSR count). The molecule has 2 aromatic rings. The zero-order valence-electron chi connectivity index (χ0n) is 11.4. The molecule has 0 radical (unpaired) electrons. The first kappa shape index (κ1) is 13.3. The Morgan fingerprint density at radius 2 is 2.16 bits per heavy atom. The quantitative estimate of drug-likeness (QED) is 0.893. The van der Waals surface area contributed by atoms with Crippen LogP contribution in [0.1, 0.15) is 20.8 Å². The Morgan fingerprint density at radius 3 is 2.89 bits per heavy atom. The molecular weight excluding hydrogens is 240 g/mol. The minimum absolute atomic E-state index is 0.125. The summed E-state index contributed by atoms with van der Waals surface area (Å²) in [7, 11) is 0. The summed E-state index contributed by atoms with van der Waals surface area (Å²) in [6.07, 6.45) is 5.33. The molecule has 0 saturated carbocycles. The maximum atomic E-state index is 5.63. The molecule has 5 heteroatoms. The van der Waals surface area contributed by atoms with E-state index in [1.54, 1.807) is 18.6 Å². The summed E-state index contributed by atoms with van der Waals surface area (Å²) in [6.45, 7) is 6.77. The van der Waals surface area contributed by atoms with E-state index in [0.717, 1.165) is 23.6 Å². The van der Waals surface area contributed by atoms with Crippen LogP contribution in [0, 0.1) is 0 Å². The van der Waals surface area contributed by atoms with Crippen molar-refractivity contribution < 1.29 is 4.74 Å². The summed E-state index contributed by atoms with van der Waals surface area (Å²) in [5, 5.41) is 3.09. The number of hydrogen-bond acceptors (Lipinski definition) is 5. The molecule has 19 heavy (non-hydrogen) atoms. The highest BCUT2D eigenvalue weighted by Gasteiger charge is 2.05. The fourth-order valence-corrected chi connectivity index (χ4v) is 1.66. The van der Waals surface area contributed by atoms with Gasteiger partial charge in [-0.2, -0.15) is 0 Å². The molecule has 0 unspecified atom stereocenters. The molecule has 100 valence electrons. The van der Waals surface area contributed by atoms with Crippen LogP contribution in [-0.2, 0) is 0 Å². The number of hydrogen-bond donors (Lipinski definition) is 1. The van der Waals surface area contributed by atoms with Crippen LogP contribution in [0.5, 0.6) is 5.75 Å². The molecular formula is C14H18N4O. The predicted octanol–water partition coefficient (Wildman–Crippen LogP) is 2.76. The summed E-state index contributed by atoms with van der Waals surface area (Å²) < 4.78 is 5.63. The molecule has 0 spiro atoms. The van der Waals surface area contributed by atoms with Crippen molar-refractivity contribution in [3.63, 3.8) is 0 Å². The van der Waals surface area contributed by atoms with Crippen molar-refractivity contribution in [1.29, 1.82) is 0 Å². The van der Waals surface area contributed by atoms with Gasteiger partial charge < -0.3 is 10.1 Å². The summed E-state index contributed by atoms with van der Waals surface area (Å²) >= 11 is 0. The largest absolute Gasteiger partial charge is 0.489 e. The van der Waals surface area contributed by atoms with Gasteiger partial charge in [-0.25, -0.2) is 9.97 Å². The second-order valence-electron chi connectivity index (χ2n) is 4.37. The summed E-state index contributed by atoms with van der Waals surface area (Å²) in [5.41, 5.74) is 1.74. The van der Waals surface area contributed by atoms with Crippen LogP contribution in [-0.4, -0.2) is 27.6 Å². The van der Waals surface area contributed by atoms with E-state index in [9.17, 15) is 0 Å². The third-order valence-corrected chi connectivity index (χ3v) is 2.37. The minimum atomic E-state index is 0.125. The summed E-state index contributed by atoms with van der Waals surface area (Å²) in [5.74, 6) is 1.37. The van der Waals surface area contributed by atoms with E-state index in [1.807, 2.05) is 32.9 Å². The Kier molecular flexibility index (Phi) is 4.28. The molecule has 0 bridgehead atoms. The smallest absolute Gasteiger partial charge is 0.223 e. The van der Waals surface area contributed by atoms with E-state index >= 15 is 0 Å². The third-order valence-electron chi connectivity index (χ3n) is 2.37. The van der Waals surface area contributed by atoms with Crippen LogP contribution in [0.4, 0.5) is 5.95 Å². The van der Waals surface area contributed by atoms with E-state index in [0.29, 0.717) is 5.95 Å². The van der Waals surface area contributed by atoms with Crippen LogP contribution < -0.4 is 10.1 Å². The van der Waals surface area contributed by atoms with Gasteiger partial charge in [0.1, 0.15) is 5.75 Å². The Labute approximate surface area is 113 Å². The standard InChI is InChI=1S/C14H18N4O/c1-4-16-14-17-6-5-13(18-14)11-7-12(9-15-8-11)19-10(2)3/h5-10H,4H2,1-3H3,(H,16,17,18). The molecule has 0 aliphatic rings. The van der Waals surface area contributed by atoms with Crippen molar-refractivity contribution in [3.05, 3.63) is 30.7 Å². The summed E-state index contributed by atoms with van der Waals surface area (Å²) in [6, 6.07) is 3.79. The van der Waals surface area contributed by atoms with Gasteiger partial charge in [-0.3, -0.25) is 4.98 Å². The zero-order valence-corrected chi connectivity index (χ0v) is 11.4. The predicted molar refractivity (Wildman–Crippen MR) is 75.2 cm³/mol. The highest BCUT2D eigenvalue weighted by atomic mass is 16.5. The zero-order chi connectivity index (χ0) is 13.7. The maximum absolute atomic E-state index is 5.63. The van der Waals surface area contributed by atoms with Crippen molar-refractivity contribution in [2.24, 2.45) is 0 Å². The molecule has 0 amide bonds. The molecule has 0 fully saturated rings. The SMILES string of the molecule is CCNc1nccc(-c2cncc(OC(C)C)c2)n1. The lowest BCUT2D eigenvalue weighted by Gasteiger charge is -2.10. The number of aromatic nitrogens is 3. The fraction of sp³-hybridized carbons (Fsp3) is 0.357. The summed E-state index contributed by atoms with van der Waals surface area (Å²) in [4.78, 5) is 12.8. The number of anilines is 1. The normalized spacial score (nSPS) is 10.5. The van der Waals surface area contributed by atoms with Gasteiger partial charge >= 0.3 is 0 Å². The Hall–Kier alpha value is -2.17. The number of rotatable bonds is 5. The average molecular weight is 258 g/mol. The molecule has 2 heterocycles. The van der Waals surface area contributed by atoms with E-state index in [2.05, 4.69) is 20.3 Å². The van der Waals surface area contributed by atoms with Crippen molar-refractivity contribution >= 4 is 5.95 Å². The van der Waals surface area contributed by atoms with Gasteiger partial charge in [0.15, 0.2) is 0 Å². The van der Waals surface area contributed by atoms with Crippen LogP contribution in [0.3, 0.4) is 0 Å². The minimum Gasteiger partial charge on any atom is -0.489 e. The monoisotopic (exact) mass is 258 g/mol. The molecule has 0 atom stereocenters. The van der Waals surface area contributed by atoms with Gasteiger partial charge in [0.05, 0.1) is 18.0 Å². The molecule has 2 aromatic heterocycles. The maximum Gasteiger partial charge on any atom is 0.223 e. The van der Waals surface area contributed by atoms with Crippen molar-refractivity contribution in [1.82, 2.24) is 15.0 Å². The van der Waals surface area contributed by atoms with Gasteiger partial charge in [-0.1, -0.05) is 0 Å². The lowest BCUT2D eigenvalue weighted by molar-refractivity contribution is 0.241. The van der Waals surface area contributed by atoms with Crippen LogP contribution in [0.25, 0.3) is 11.3 Å². The van der Waals surface area contributed by atoms with Gasteiger partial charge in [-0.05, 0) is 32.9 Å². The second-order valence-corrected chi connectivity index (χ2v) is 4.37. The van der Waals surface area contributed by atoms with Gasteiger partial charge in [-0.15, -0.1) is 0 Å². The first-order valence-electron chi connectivity index (χ1n) is 6.38. The number of ether oxygens (including phenoxy) is 1. The molecule has 0 saturated heterocycles. The average Bonchev–Trinajstić information content (AvgIpc) is 2.39. The molecule has 5 nitrogen and oxygen atoms in total. The lowest BCUT2D eigenvalue weighted by atomic mass is 10.2. The van der Waals surface area contributed by atoms with Gasteiger partial charge in [0.2, 0.25) is 5.95 Å². The fourth-order valence-electron chi connectivity index (χ4n) is 1.66. The molecule has 0 aliphatic carbocycles. The third kappa shape index (κ3) is 3.64. The molecule has 0 aromatic carbocycles. The van der Waals surface area contributed by atoms with Crippen molar-refractivity contribution in [2.45, 2.75) is 26.9 Å². The second kappa shape index (κ2) is 6.13. The lowest BCUT2D eigenvalue weighted by Crippen LogP contribution is -2.06. The Bertz CT molecular complexity index is 542. The highest BCUT2D eigenvalue weighted by molar-refractivity contribution is 5.60. The topological polar surface area (TPSA) is 59.9 Å². The van der Waals surface area contributed by atoms with Crippen LogP contribution in [0.15, 0.2) is 30.7 Å². The van der Waals surface area contributed by atoms with Crippen molar-refractivity contribution in [2.75, 3.05) is 11.9 Å². The number of nitrogens with one attached hydrogen (secondary N) is 1.